The van der Waals surface area contributed by atoms with Crippen molar-refractivity contribution in [2.24, 2.45) is 0 Å². The first-order chi connectivity index (χ1) is 12.3. The third-order valence-corrected chi connectivity index (χ3v) is 4.51. The van der Waals surface area contributed by atoms with E-state index < -0.39 is 0 Å². The SMILES string of the molecule is O=C(c1ccnc(-n2cccc2)c1)N1CCCCC1c1ncccn1. The maximum Gasteiger partial charge on any atom is 0.254 e. The van der Waals surface area contributed by atoms with E-state index in [0.29, 0.717) is 5.56 Å². The Labute approximate surface area is 146 Å². The molecule has 6 nitrogen and oxygen atoms in total. The first kappa shape index (κ1) is 15.5. The predicted molar refractivity (Wildman–Crippen MR) is 93.2 cm³/mol. The largest absolute Gasteiger partial charge is 0.328 e. The van der Waals surface area contributed by atoms with Crippen LogP contribution >= 0.6 is 0 Å². The van der Waals surface area contributed by atoms with Gasteiger partial charge in [0.2, 0.25) is 0 Å². The molecule has 1 fully saturated rings. The molecule has 4 heterocycles. The van der Waals surface area contributed by atoms with Crippen molar-refractivity contribution < 1.29 is 4.79 Å². The third kappa shape index (κ3) is 3.15. The highest BCUT2D eigenvalue weighted by atomic mass is 16.2. The van der Waals surface area contributed by atoms with Crippen LogP contribution in [0.3, 0.4) is 0 Å². The Morgan fingerprint density at radius 1 is 1.00 bits per heavy atom. The molecule has 0 aliphatic carbocycles. The fourth-order valence-corrected chi connectivity index (χ4v) is 3.27. The minimum atomic E-state index is -0.0642. The molecular formula is C19H19N5O. The molecular weight excluding hydrogens is 314 g/mol. The average Bonchev–Trinajstić information content (AvgIpc) is 3.23. The molecule has 0 saturated carbocycles. The molecule has 3 aromatic heterocycles. The Morgan fingerprint density at radius 3 is 2.60 bits per heavy atom. The second-order valence-electron chi connectivity index (χ2n) is 6.11. The Kier molecular flexibility index (Phi) is 4.24. The molecule has 126 valence electrons. The Balaban J connectivity index is 1.64. The quantitative estimate of drug-likeness (QED) is 0.739. The monoisotopic (exact) mass is 333 g/mol. The van der Waals surface area contributed by atoms with Gasteiger partial charge in [0.1, 0.15) is 5.82 Å². The predicted octanol–water partition coefficient (Wildman–Crippen LogP) is 3.03. The van der Waals surface area contributed by atoms with Crippen LogP contribution in [0.2, 0.25) is 0 Å². The van der Waals surface area contributed by atoms with Crippen molar-refractivity contribution in [3.63, 3.8) is 0 Å². The summed E-state index contributed by atoms with van der Waals surface area (Å²) in [4.78, 5) is 28.1. The van der Waals surface area contributed by atoms with Crippen LogP contribution in [-0.4, -0.2) is 36.9 Å². The zero-order valence-electron chi connectivity index (χ0n) is 13.8. The summed E-state index contributed by atoms with van der Waals surface area (Å²) in [5.74, 6) is 1.46. The maximum atomic E-state index is 13.1. The van der Waals surface area contributed by atoms with E-state index in [1.807, 2.05) is 40.1 Å². The van der Waals surface area contributed by atoms with Gasteiger partial charge in [-0.05, 0) is 49.6 Å². The lowest BCUT2D eigenvalue weighted by Crippen LogP contribution is -2.39. The van der Waals surface area contributed by atoms with Gasteiger partial charge in [-0.15, -0.1) is 0 Å². The van der Waals surface area contributed by atoms with E-state index in [-0.39, 0.29) is 11.9 Å². The molecule has 1 aliphatic heterocycles. The van der Waals surface area contributed by atoms with Crippen LogP contribution < -0.4 is 0 Å². The summed E-state index contributed by atoms with van der Waals surface area (Å²) in [6, 6.07) is 9.20. The van der Waals surface area contributed by atoms with E-state index in [2.05, 4.69) is 15.0 Å². The molecule has 25 heavy (non-hydrogen) atoms. The summed E-state index contributed by atoms with van der Waals surface area (Å²) in [5, 5.41) is 0. The van der Waals surface area contributed by atoms with E-state index in [0.717, 1.165) is 37.4 Å². The van der Waals surface area contributed by atoms with Crippen LogP contribution in [0.1, 0.15) is 41.5 Å². The molecule has 0 aromatic carbocycles. The van der Waals surface area contributed by atoms with Crippen LogP contribution in [0.5, 0.6) is 0 Å². The van der Waals surface area contributed by atoms with Gasteiger partial charge in [-0.3, -0.25) is 4.79 Å². The number of pyridine rings is 1. The molecule has 3 aromatic rings. The smallest absolute Gasteiger partial charge is 0.254 e. The standard InChI is InChI=1S/C19H19N5O/c25-19(15-7-10-20-17(14-15)23-11-3-4-12-23)24-13-2-1-6-16(24)18-21-8-5-9-22-18/h3-5,7-12,14,16H,1-2,6,13H2. The lowest BCUT2D eigenvalue weighted by Gasteiger charge is -2.34. The number of hydrogen-bond donors (Lipinski definition) is 0. The summed E-state index contributed by atoms with van der Waals surface area (Å²) >= 11 is 0. The van der Waals surface area contributed by atoms with Crippen LogP contribution in [-0.2, 0) is 0 Å². The number of hydrogen-bond acceptors (Lipinski definition) is 4. The first-order valence-electron chi connectivity index (χ1n) is 8.50. The summed E-state index contributed by atoms with van der Waals surface area (Å²) in [5.41, 5.74) is 0.640. The van der Waals surface area contributed by atoms with E-state index in [9.17, 15) is 4.79 Å². The van der Waals surface area contributed by atoms with Gasteiger partial charge in [0.25, 0.3) is 5.91 Å². The van der Waals surface area contributed by atoms with Gasteiger partial charge >= 0.3 is 0 Å². The highest BCUT2D eigenvalue weighted by Gasteiger charge is 2.30. The molecule has 1 saturated heterocycles. The Bertz CT molecular complexity index is 847. The molecule has 0 N–H and O–H groups in total. The van der Waals surface area contributed by atoms with Gasteiger partial charge < -0.3 is 9.47 Å². The highest BCUT2D eigenvalue weighted by molar-refractivity contribution is 5.94. The van der Waals surface area contributed by atoms with Crippen LogP contribution in [0.4, 0.5) is 0 Å². The van der Waals surface area contributed by atoms with Crippen LogP contribution in [0, 0.1) is 0 Å². The average molecular weight is 333 g/mol. The van der Waals surface area contributed by atoms with Gasteiger partial charge in [0, 0.05) is 43.1 Å². The third-order valence-electron chi connectivity index (χ3n) is 4.51. The number of likely N-dealkylation sites (tertiary alicyclic amines) is 1. The van der Waals surface area contributed by atoms with Crippen molar-refractivity contribution in [2.75, 3.05) is 6.54 Å². The number of rotatable bonds is 3. The van der Waals surface area contributed by atoms with Gasteiger partial charge in [0.15, 0.2) is 5.82 Å². The van der Waals surface area contributed by atoms with Crippen molar-refractivity contribution >= 4 is 5.91 Å². The van der Waals surface area contributed by atoms with Gasteiger partial charge in [-0.25, -0.2) is 15.0 Å². The second-order valence-corrected chi connectivity index (χ2v) is 6.11. The van der Waals surface area contributed by atoms with Crippen molar-refractivity contribution in [1.82, 2.24) is 24.4 Å². The van der Waals surface area contributed by atoms with Crippen molar-refractivity contribution in [3.05, 3.63) is 72.7 Å². The number of aromatic nitrogens is 4. The lowest BCUT2D eigenvalue weighted by molar-refractivity contribution is 0.0599. The molecule has 1 atom stereocenters. The van der Waals surface area contributed by atoms with Crippen molar-refractivity contribution in [1.29, 1.82) is 0 Å². The molecule has 1 unspecified atom stereocenters. The molecule has 1 amide bonds. The fraction of sp³-hybridized carbons (Fsp3) is 0.263. The van der Waals surface area contributed by atoms with Crippen LogP contribution in [0.25, 0.3) is 5.82 Å². The molecule has 4 rings (SSSR count). The summed E-state index contributed by atoms with van der Waals surface area (Å²) < 4.78 is 1.89. The van der Waals surface area contributed by atoms with Gasteiger partial charge in [0.05, 0.1) is 6.04 Å². The van der Waals surface area contributed by atoms with Gasteiger partial charge in [-0.2, -0.15) is 0 Å². The normalized spacial score (nSPS) is 17.4. The van der Waals surface area contributed by atoms with Gasteiger partial charge in [-0.1, -0.05) is 0 Å². The molecule has 0 bridgehead atoms. The number of amides is 1. The zero-order chi connectivity index (χ0) is 17.1. The number of nitrogens with zero attached hydrogens (tertiary/aromatic N) is 5. The van der Waals surface area contributed by atoms with E-state index in [4.69, 9.17) is 0 Å². The van der Waals surface area contributed by atoms with E-state index in [1.54, 1.807) is 30.7 Å². The van der Waals surface area contributed by atoms with E-state index in [1.165, 1.54) is 0 Å². The molecule has 0 radical (unpaired) electrons. The first-order valence-corrected chi connectivity index (χ1v) is 8.50. The maximum absolute atomic E-state index is 13.1. The van der Waals surface area contributed by atoms with Crippen molar-refractivity contribution in [2.45, 2.75) is 25.3 Å². The summed E-state index contributed by atoms with van der Waals surface area (Å²) in [6.07, 6.45) is 12.0. The topological polar surface area (TPSA) is 63.9 Å². The Morgan fingerprint density at radius 2 is 1.80 bits per heavy atom. The number of carbonyl (C=O) groups excluding carboxylic acids is 1. The molecule has 1 aliphatic rings. The summed E-state index contributed by atoms with van der Waals surface area (Å²) in [7, 11) is 0. The van der Waals surface area contributed by atoms with Crippen molar-refractivity contribution in [3.8, 4) is 5.82 Å². The molecule has 0 spiro atoms. The van der Waals surface area contributed by atoms with Crippen LogP contribution in [0.15, 0.2) is 61.3 Å². The second kappa shape index (κ2) is 6.84. The summed E-state index contributed by atoms with van der Waals surface area (Å²) in [6.45, 7) is 0.725. The highest BCUT2D eigenvalue weighted by Crippen LogP contribution is 2.30. The number of piperidine rings is 1. The Hall–Kier alpha value is -3.02. The minimum Gasteiger partial charge on any atom is -0.328 e. The zero-order valence-corrected chi connectivity index (χ0v) is 13.8. The lowest BCUT2D eigenvalue weighted by atomic mass is 10.00. The fourth-order valence-electron chi connectivity index (χ4n) is 3.27. The molecule has 6 heteroatoms. The number of carbonyl (C=O) groups is 1. The minimum absolute atomic E-state index is 0.00737. The van der Waals surface area contributed by atoms with E-state index >= 15 is 0 Å².